The number of H-pyrrole nitrogens is 1. The van der Waals surface area contributed by atoms with E-state index in [1.54, 1.807) is 6.92 Å². The second-order valence-corrected chi connectivity index (χ2v) is 9.57. The molecule has 10 heteroatoms. The quantitative estimate of drug-likeness (QED) is 0.336. The molecule has 1 aliphatic rings. The predicted molar refractivity (Wildman–Crippen MR) is 132 cm³/mol. The number of ketones is 1. The van der Waals surface area contributed by atoms with Gasteiger partial charge in [-0.15, -0.1) is 5.10 Å². The van der Waals surface area contributed by atoms with Gasteiger partial charge in [0.15, 0.2) is 5.78 Å². The molecule has 180 valence electrons. The molecule has 2 aromatic heterocycles. The fourth-order valence-electron chi connectivity index (χ4n) is 4.47. The van der Waals surface area contributed by atoms with E-state index in [-0.39, 0.29) is 30.2 Å². The van der Waals surface area contributed by atoms with Gasteiger partial charge in [0.05, 0.1) is 12.3 Å². The monoisotopic (exact) mass is 482 g/mol. The first-order valence-corrected chi connectivity index (χ1v) is 12.7. The van der Waals surface area contributed by atoms with Gasteiger partial charge in [0.2, 0.25) is 5.16 Å². The first kappa shape index (κ1) is 24.0. The number of benzene rings is 1. The van der Waals surface area contributed by atoms with E-state index < -0.39 is 17.0 Å². The second kappa shape index (κ2) is 10.9. The fraction of sp³-hybridized carbons (Fsp3) is 0.458. The smallest absolute Gasteiger partial charge is 0.332 e. The van der Waals surface area contributed by atoms with Gasteiger partial charge in [-0.2, -0.15) is 0 Å². The van der Waals surface area contributed by atoms with Gasteiger partial charge in [0.25, 0.3) is 5.56 Å². The van der Waals surface area contributed by atoms with Crippen molar-refractivity contribution >= 4 is 23.4 Å². The molecule has 4 rings (SSSR count). The molecule has 0 saturated heterocycles. The molecule has 1 saturated carbocycles. The van der Waals surface area contributed by atoms with Gasteiger partial charge in [0.1, 0.15) is 17.2 Å². The van der Waals surface area contributed by atoms with E-state index in [0.717, 1.165) is 46.5 Å². The number of hydrogen-bond donors (Lipinski definition) is 2. The Bertz CT molecular complexity index is 1260. The molecule has 1 fully saturated rings. The van der Waals surface area contributed by atoms with Crippen molar-refractivity contribution < 1.29 is 4.79 Å². The third-order valence-corrected chi connectivity index (χ3v) is 7.20. The lowest BCUT2D eigenvalue weighted by molar-refractivity contribution is 0.102. The van der Waals surface area contributed by atoms with Crippen LogP contribution in [0, 0.1) is 5.92 Å². The fourth-order valence-corrected chi connectivity index (χ4v) is 5.16. The zero-order valence-corrected chi connectivity index (χ0v) is 20.1. The Kier molecular flexibility index (Phi) is 7.66. The van der Waals surface area contributed by atoms with Crippen molar-refractivity contribution in [2.45, 2.75) is 63.7 Å². The molecule has 9 nitrogen and oxygen atoms in total. The number of nitrogen functional groups attached to an aromatic ring is 1. The van der Waals surface area contributed by atoms with E-state index in [4.69, 9.17) is 5.73 Å². The van der Waals surface area contributed by atoms with Crippen LogP contribution in [-0.4, -0.2) is 35.9 Å². The molecule has 34 heavy (non-hydrogen) atoms. The number of aryl methyl sites for hydroxylation is 1. The van der Waals surface area contributed by atoms with E-state index in [1.807, 2.05) is 30.3 Å². The largest absolute Gasteiger partial charge is 0.384 e. The molecule has 3 N–H and O–H groups in total. The number of rotatable bonds is 10. The van der Waals surface area contributed by atoms with E-state index >= 15 is 0 Å². The molecule has 0 radical (unpaired) electrons. The summed E-state index contributed by atoms with van der Waals surface area (Å²) in [6, 6.07) is 9.30. The van der Waals surface area contributed by atoms with Gasteiger partial charge in [-0.05, 0) is 24.8 Å². The normalized spacial score (nSPS) is 14.0. The van der Waals surface area contributed by atoms with Crippen molar-refractivity contribution in [1.29, 1.82) is 0 Å². The van der Waals surface area contributed by atoms with Crippen LogP contribution in [0.5, 0.6) is 0 Å². The second-order valence-electron chi connectivity index (χ2n) is 8.63. The van der Waals surface area contributed by atoms with E-state index in [1.165, 1.54) is 30.3 Å². The lowest BCUT2D eigenvalue weighted by atomic mass is 10.0. The molecule has 0 atom stereocenters. The van der Waals surface area contributed by atoms with E-state index in [9.17, 15) is 14.4 Å². The van der Waals surface area contributed by atoms with Gasteiger partial charge in [-0.3, -0.25) is 23.8 Å². The summed E-state index contributed by atoms with van der Waals surface area (Å²) >= 11 is 1.15. The van der Waals surface area contributed by atoms with Crippen molar-refractivity contribution in [3.05, 3.63) is 68.1 Å². The minimum atomic E-state index is -0.660. The van der Waals surface area contributed by atoms with Crippen molar-refractivity contribution in [2.75, 3.05) is 11.5 Å². The zero-order chi connectivity index (χ0) is 24.1. The van der Waals surface area contributed by atoms with Gasteiger partial charge < -0.3 is 5.73 Å². The Morgan fingerprint density at radius 3 is 2.62 bits per heavy atom. The van der Waals surface area contributed by atoms with Crippen LogP contribution < -0.4 is 17.0 Å². The van der Waals surface area contributed by atoms with E-state index in [2.05, 4.69) is 15.2 Å². The Hall–Kier alpha value is -3.14. The molecule has 0 bridgehead atoms. The number of carbonyl (C=O) groups excluding carboxylic acids is 1. The average Bonchev–Trinajstić information content (AvgIpc) is 3.52. The number of aromatic amines is 1. The van der Waals surface area contributed by atoms with Crippen LogP contribution in [0.3, 0.4) is 0 Å². The minimum Gasteiger partial charge on any atom is -0.384 e. The molecule has 0 amide bonds. The van der Waals surface area contributed by atoms with Crippen molar-refractivity contribution in [3.8, 4) is 0 Å². The average molecular weight is 483 g/mol. The summed E-state index contributed by atoms with van der Waals surface area (Å²) in [7, 11) is 0. The number of nitrogens with zero attached hydrogens (tertiary/aromatic N) is 4. The van der Waals surface area contributed by atoms with Crippen molar-refractivity contribution in [2.24, 2.45) is 5.92 Å². The Labute approximate surface area is 201 Å². The van der Waals surface area contributed by atoms with Gasteiger partial charge >= 0.3 is 5.69 Å². The van der Waals surface area contributed by atoms with Crippen LogP contribution in [0.15, 0.2) is 45.1 Å². The third-order valence-electron chi connectivity index (χ3n) is 6.35. The minimum absolute atomic E-state index is 0.0490. The summed E-state index contributed by atoms with van der Waals surface area (Å²) in [6.45, 7) is 2.01. The molecule has 1 aromatic carbocycles. The van der Waals surface area contributed by atoms with Gasteiger partial charge in [-0.25, -0.2) is 9.78 Å². The predicted octanol–water partition coefficient (Wildman–Crippen LogP) is 2.88. The Morgan fingerprint density at radius 2 is 1.91 bits per heavy atom. The molecular weight excluding hydrogens is 452 g/mol. The SMILES string of the molecule is CCn1c(=O)c(C(=O)CSc2n[nH]c(CCC3CCCC3)n2)c(N)n(Cc2ccccc2)c1=O. The maximum absolute atomic E-state index is 13.1. The van der Waals surface area contributed by atoms with Crippen LogP contribution in [-0.2, 0) is 19.5 Å². The van der Waals surface area contributed by atoms with Gasteiger partial charge in [0, 0.05) is 13.0 Å². The highest BCUT2D eigenvalue weighted by molar-refractivity contribution is 7.99. The standard InChI is InChI=1S/C24H30N6O3S/c1-2-29-22(32)20(21(25)30(24(29)33)14-17-10-4-3-5-11-17)18(31)15-34-23-26-19(27-28-23)13-12-16-8-6-7-9-16/h3-5,10-11,16H,2,6-9,12-15,25H2,1H3,(H,26,27,28). The summed E-state index contributed by atoms with van der Waals surface area (Å²) in [4.78, 5) is 43.3. The lowest BCUT2D eigenvalue weighted by Crippen LogP contribution is -2.44. The highest BCUT2D eigenvalue weighted by Gasteiger charge is 2.23. The van der Waals surface area contributed by atoms with Crippen LogP contribution in [0.1, 0.15) is 60.8 Å². The van der Waals surface area contributed by atoms with Gasteiger partial charge in [-0.1, -0.05) is 67.8 Å². The number of thioether (sulfide) groups is 1. The number of nitrogens with two attached hydrogens (primary N) is 1. The maximum Gasteiger partial charge on any atom is 0.332 e. The highest BCUT2D eigenvalue weighted by Crippen LogP contribution is 2.28. The topological polar surface area (TPSA) is 129 Å². The highest BCUT2D eigenvalue weighted by atomic mass is 32.2. The third kappa shape index (κ3) is 5.32. The summed E-state index contributed by atoms with van der Waals surface area (Å²) < 4.78 is 2.33. The van der Waals surface area contributed by atoms with Crippen LogP contribution >= 0.6 is 11.8 Å². The zero-order valence-electron chi connectivity index (χ0n) is 19.3. The molecule has 2 heterocycles. The van der Waals surface area contributed by atoms with Crippen LogP contribution in [0.4, 0.5) is 5.82 Å². The molecule has 0 aliphatic heterocycles. The molecule has 0 unspecified atom stereocenters. The summed E-state index contributed by atoms with van der Waals surface area (Å²) in [5.41, 5.74) is 5.70. The van der Waals surface area contributed by atoms with Crippen molar-refractivity contribution in [3.63, 3.8) is 0 Å². The number of hydrogen-bond acceptors (Lipinski definition) is 7. The number of Topliss-reactive ketones (excluding diaryl/α,β-unsaturated/α-hetero) is 1. The Morgan fingerprint density at radius 1 is 1.18 bits per heavy atom. The number of aromatic nitrogens is 5. The summed E-state index contributed by atoms with van der Waals surface area (Å²) in [6.07, 6.45) is 7.12. The number of nitrogens with one attached hydrogen (secondary N) is 1. The number of anilines is 1. The maximum atomic E-state index is 13.1. The lowest BCUT2D eigenvalue weighted by Gasteiger charge is -2.15. The first-order chi connectivity index (χ1) is 16.5. The Balaban J connectivity index is 1.49. The van der Waals surface area contributed by atoms with Crippen LogP contribution in [0.25, 0.3) is 0 Å². The first-order valence-electron chi connectivity index (χ1n) is 11.7. The molecule has 3 aromatic rings. The molecule has 1 aliphatic carbocycles. The summed E-state index contributed by atoms with van der Waals surface area (Å²) in [5, 5.41) is 7.61. The van der Waals surface area contributed by atoms with Crippen LogP contribution in [0.2, 0.25) is 0 Å². The van der Waals surface area contributed by atoms with E-state index in [0.29, 0.717) is 5.16 Å². The van der Waals surface area contributed by atoms with Crippen molar-refractivity contribution in [1.82, 2.24) is 24.3 Å². The summed E-state index contributed by atoms with van der Waals surface area (Å²) in [5.74, 6) is 0.964. The molecule has 0 spiro atoms. The number of carbonyl (C=O) groups is 1. The molecular formula is C24H30N6O3S.